The minimum atomic E-state index is -0.302. The molecule has 20 heavy (non-hydrogen) atoms. The average molecular weight is 283 g/mol. The maximum Gasteiger partial charge on any atom is 0.486 e. The van der Waals surface area contributed by atoms with E-state index in [1.807, 2.05) is 51.7 Å². The van der Waals surface area contributed by atoms with E-state index in [0.29, 0.717) is 6.54 Å². The molecule has 5 nitrogen and oxygen atoms in total. The third-order valence-electron chi connectivity index (χ3n) is 3.87. The van der Waals surface area contributed by atoms with Gasteiger partial charge in [-0.1, -0.05) is 12.1 Å². The van der Waals surface area contributed by atoms with Crippen molar-refractivity contribution < 1.29 is 18.8 Å². The topological polar surface area (TPSA) is 48.0 Å². The first-order valence-electron chi connectivity index (χ1n) is 6.95. The van der Waals surface area contributed by atoms with Gasteiger partial charge in [-0.15, -0.1) is 0 Å². The second-order valence-electron chi connectivity index (χ2n) is 6.16. The second kappa shape index (κ2) is 6.74. The lowest BCUT2D eigenvalue weighted by atomic mass is 9.90. The van der Waals surface area contributed by atoms with Crippen molar-refractivity contribution in [2.75, 3.05) is 27.2 Å². The predicted octanol–water partition coefficient (Wildman–Crippen LogP) is 1.67. The highest BCUT2D eigenvalue weighted by atomic mass is 16.7. The molecule has 0 aromatic rings. The fourth-order valence-corrected chi connectivity index (χ4v) is 1.83. The Kier molecular flexibility index (Phi) is 5.80. The quantitative estimate of drug-likeness (QED) is 0.548. The first-order valence-corrected chi connectivity index (χ1v) is 6.95. The Balaban J connectivity index is 2.31. The van der Waals surface area contributed by atoms with E-state index in [-0.39, 0.29) is 24.3 Å². The zero-order valence-corrected chi connectivity index (χ0v) is 13.4. The molecule has 0 N–H and O–H groups in total. The first-order chi connectivity index (χ1) is 9.18. The van der Waals surface area contributed by atoms with Crippen LogP contribution in [0.3, 0.4) is 0 Å². The highest BCUT2D eigenvalue weighted by Gasteiger charge is 2.49. The normalized spacial score (nSPS) is 20.9. The number of hydrogen-bond acceptors (Lipinski definition) is 5. The zero-order chi connectivity index (χ0) is 15.4. The van der Waals surface area contributed by atoms with Gasteiger partial charge >= 0.3 is 13.1 Å². The van der Waals surface area contributed by atoms with Gasteiger partial charge < -0.3 is 14.0 Å². The van der Waals surface area contributed by atoms with Crippen LogP contribution >= 0.6 is 0 Å². The molecule has 1 aliphatic heterocycles. The number of ether oxygens (including phenoxy) is 1. The number of likely N-dealkylation sites (N-methyl/N-ethyl adjacent to an activating group) is 1. The van der Waals surface area contributed by atoms with Crippen LogP contribution in [0.25, 0.3) is 0 Å². The molecule has 0 amide bonds. The van der Waals surface area contributed by atoms with E-state index in [4.69, 9.17) is 9.31 Å². The summed E-state index contributed by atoms with van der Waals surface area (Å²) in [4.78, 5) is 13.0. The lowest BCUT2D eigenvalue weighted by Gasteiger charge is -2.32. The standard InChI is InChI=1S/C14H26BNO4/c1-13(2)14(3,4)20-15(19-13)9-7-8-10-16(5)11-12(17)18-6/h7,9H,8,10-11H2,1-6H3/b9-7+. The van der Waals surface area contributed by atoms with Crippen LogP contribution in [0.1, 0.15) is 34.1 Å². The number of carbonyl (C=O) groups is 1. The van der Waals surface area contributed by atoms with E-state index in [1.54, 1.807) is 0 Å². The summed E-state index contributed by atoms with van der Waals surface area (Å²) in [5.74, 6) is 1.71. The van der Waals surface area contributed by atoms with E-state index in [2.05, 4.69) is 4.74 Å². The third-order valence-corrected chi connectivity index (χ3v) is 3.87. The Bertz CT molecular complexity index is 352. The largest absolute Gasteiger partial charge is 0.486 e. The Labute approximate surface area is 122 Å². The van der Waals surface area contributed by atoms with Gasteiger partial charge in [0.15, 0.2) is 0 Å². The lowest BCUT2D eigenvalue weighted by molar-refractivity contribution is -0.141. The van der Waals surface area contributed by atoms with Gasteiger partial charge in [-0.05, 0) is 41.2 Å². The average Bonchev–Trinajstić information content (AvgIpc) is 2.53. The summed E-state index contributed by atoms with van der Waals surface area (Å²) in [5.41, 5.74) is -0.604. The number of rotatable bonds is 6. The van der Waals surface area contributed by atoms with E-state index in [9.17, 15) is 4.79 Å². The molecule has 114 valence electrons. The summed E-state index contributed by atoms with van der Waals surface area (Å²) in [6.07, 6.45) is 2.85. The van der Waals surface area contributed by atoms with Crippen LogP contribution in [-0.2, 0) is 18.8 Å². The van der Waals surface area contributed by atoms with Gasteiger partial charge in [-0.3, -0.25) is 9.69 Å². The van der Waals surface area contributed by atoms with Crippen molar-refractivity contribution in [3.05, 3.63) is 12.1 Å². The minimum absolute atomic E-state index is 0.220. The van der Waals surface area contributed by atoms with Crippen molar-refractivity contribution in [1.29, 1.82) is 0 Å². The van der Waals surface area contributed by atoms with Gasteiger partial charge in [0.25, 0.3) is 0 Å². The van der Waals surface area contributed by atoms with Crippen molar-refractivity contribution in [2.45, 2.75) is 45.3 Å². The predicted molar refractivity (Wildman–Crippen MR) is 79.4 cm³/mol. The lowest BCUT2D eigenvalue weighted by Crippen LogP contribution is -2.41. The van der Waals surface area contributed by atoms with E-state index < -0.39 is 0 Å². The molecule has 1 heterocycles. The Morgan fingerprint density at radius 3 is 2.30 bits per heavy atom. The molecule has 1 rings (SSSR count). The third kappa shape index (κ3) is 4.61. The highest BCUT2D eigenvalue weighted by Crippen LogP contribution is 2.36. The molecule has 0 saturated carbocycles. The Morgan fingerprint density at radius 1 is 1.25 bits per heavy atom. The molecule has 0 atom stereocenters. The maximum atomic E-state index is 11.1. The number of carbonyl (C=O) groups excluding carboxylic acids is 1. The van der Waals surface area contributed by atoms with Gasteiger partial charge in [0.2, 0.25) is 0 Å². The van der Waals surface area contributed by atoms with Crippen LogP contribution in [0.15, 0.2) is 12.1 Å². The van der Waals surface area contributed by atoms with Gasteiger partial charge in [-0.25, -0.2) is 0 Å². The second-order valence-corrected chi connectivity index (χ2v) is 6.16. The van der Waals surface area contributed by atoms with Gasteiger partial charge in [0.1, 0.15) is 0 Å². The van der Waals surface area contributed by atoms with Crippen LogP contribution in [0.4, 0.5) is 0 Å². The molecule has 0 spiro atoms. The molecule has 0 aliphatic carbocycles. The van der Waals surface area contributed by atoms with E-state index in [1.165, 1.54) is 7.11 Å². The number of hydrogen-bond donors (Lipinski definition) is 0. The smallest absolute Gasteiger partial charge is 0.468 e. The van der Waals surface area contributed by atoms with Crippen LogP contribution in [0.5, 0.6) is 0 Å². The van der Waals surface area contributed by atoms with Crippen molar-refractivity contribution in [3.63, 3.8) is 0 Å². The molecule has 0 aromatic carbocycles. The highest BCUT2D eigenvalue weighted by molar-refractivity contribution is 6.51. The Hall–Kier alpha value is -0.845. The van der Waals surface area contributed by atoms with Crippen LogP contribution in [-0.4, -0.2) is 56.4 Å². The Morgan fingerprint density at radius 2 is 1.80 bits per heavy atom. The summed E-state index contributed by atoms with van der Waals surface area (Å²) in [7, 11) is 2.99. The SMILES string of the molecule is COC(=O)CN(C)CC/C=C/B1OC(C)(C)C(C)(C)O1. The fourth-order valence-electron chi connectivity index (χ4n) is 1.83. The van der Waals surface area contributed by atoms with Crippen LogP contribution in [0.2, 0.25) is 0 Å². The number of nitrogens with zero attached hydrogens (tertiary/aromatic N) is 1. The van der Waals surface area contributed by atoms with Crippen molar-refractivity contribution in [1.82, 2.24) is 4.90 Å². The van der Waals surface area contributed by atoms with Crippen molar-refractivity contribution >= 4 is 13.1 Å². The van der Waals surface area contributed by atoms with E-state index >= 15 is 0 Å². The first kappa shape index (κ1) is 17.2. The molecule has 0 unspecified atom stereocenters. The molecule has 0 aromatic heterocycles. The summed E-state index contributed by atoms with van der Waals surface area (Å²) < 4.78 is 16.3. The zero-order valence-electron chi connectivity index (χ0n) is 13.4. The molecule has 1 fully saturated rings. The molecular formula is C14H26BNO4. The van der Waals surface area contributed by atoms with Crippen molar-refractivity contribution in [2.24, 2.45) is 0 Å². The van der Waals surface area contributed by atoms with Gasteiger partial charge in [0.05, 0.1) is 24.9 Å². The molecular weight excluding hydrogens is 257 g/mol. The molecule has 1 saturated heterocycles. The molecule has 0 radical (unpaired) electrons. The molecule has 1 aliphatic rings. The minimum Gasteiger partial charge on any atom is -0.468 e. The molecule has 0 bridgehead atoms. The number of esters is 1. The summed E-state index contributed by atoms with van der Waals surface area (Å²) in [5, 5.41) is 0. The fraction of sp³-hybridized carbons (Fsp3) is 0.786. The van der Waals surface area contributed by atoms with Gasteiger partial charge in [0, 0.05) is 6.54 Å². The summed E-state index contributed by atoms with van der Waals surface area (Å²) in [6, 6.07) is 0. The monoisotopic (exact) mass is 283 g/mol. The molecule has 6 heteroatoms. The number of methoxy groups -OCH3 is 1. The summed E-state index contributed by atoms with van der Waals surface area (Å²) in [6.45, 7) is 9.22. The van der Waals surface area contributed by atoms with Gasteiger partial charge in [-0.2, -0.15) is 0 Å². The maximum absolute atomic E-state index is 11.1. The van der Waals surface area contributed by atoms with Crippen LogP contribution in [0, 0.1) is 0 Å². The van der Waals surface area contributed by atoms with E-state index in [0.717, 1.165) is 13.0 Å². The summed E-state index contributed by atoms with van der Waals surface area (Å²) >= 11 is 0. The van der Waals surface area contributed by atoms with Crippen LogP contribution < -0.4 is 0 Å². The van der Waals surface area contributed by atoms with Crippen molar-refractivity contribution in [3.8, 4) is 0 Å².